The Bertz CT molecular complexity index is 139. The van der Waals surface area contributed by atoms with Gasteiger partial charge in [0.05, 0.1) is 0 Å². The van der Waals surface area contributed by atoms with Gasteiger partial charge < -0.3 is 24.9 Å². The number of hydrogen-bond acceptors (Lipinski definition) is 3. The molecular formula is C2H12Ca2NaO7P. The van der Waals surface area contributed by atoms with Crippen LogP contribution in [0.5, 0.6) is 0 Å². The summed E-state index contributed by atoms with van der Waals surface area (Å²) in [5, 5.41) is 15.0. The SMILES string of the molecule is O=C(O)CO.O=P(O)(O)O.[CaH2].[CaH2].[NaH]. The molecule has 7 nitrogen and oxygen atoms in total. The zero-order chi connectivity index (χ0) is 8.78. The van der Waals surface area contributed by atoms with E-state index in [0.29, 0.717) is 0 Å². The van der Waals surface area contributed by atoms with E-state index in [2.05, 4.69) is 0 Å². The summed E-state index contributed by atoms with van der Waals surface area (Å²) < 4.78 is 8.88. The van der Waals surface area contributed by atoms with E-state index >= 15 is 0 Å². The fourth-order valence-corrected chi connectivity index (χ4v) is 0. The van der Waals surface area contributed by atoms with Gasteiger partial charge in [0.15, 0.2) is 0 Å². The Hall–Kier alpha value is 3.06. The van der Waals surface area contributed by atoms with Gasteiger partial charge in [-0.05, 0) is 0 Å². The van der Waals surface area contributed by atoms with Crippen molar-refractivity contribution in [3.8, 4) is 0 Å². The second-order valence-electron chi connectivity index (χ2n) is 1.07. The van der Waals surface area contributed by atoms with Gasteiger partial charge in [0.1, 0.15) is 6.61 Å². The van der Waals surface area contributed by atoms with Gasteiger partial charge in [0.25, 0.3) is 0 Å². The fourth-order valence-electron chi connectivity index (χ4n) is 0. The second kappa shape index (κ2) is 17.5. The molecule has 0 aliphatic rings. The zero-order valence-corrected chi connectivity index (χ0v) is 5.60. The van der Waals surface area contributed by atoms with E-state index in [0.717, 1.165) is 0 Å². The summed E-state index contributed by atoms with van der Waals surface area (Å²) in [7, 11) is -4.64. The van der Waals surface area contributed by atoms with E-state index in [-0.39, 0.29) is 105 Å². The van der Waals surface area contributed by atoms with Crippen molar-refractivity contribution in [1.29, 1.82) is 0 Å². The molecule has 72 valence electrons. The van der Waals surface area contributed by atoms with E-state index in [1.165, 1.54) is 0 Å². The quantitative estimate of drug-likeness (QED) is 0.242. The number of hydrogen-bond donors (Lipinski definition) is 5. The fraction of sp³-hybridized carbons (Fsp3) is 0.500. The molecule has 0 bridgehead atoms. The van der Waals surface area contributed by atoms with Gasteiger partial charge in [0.2, 0.25) is 0 Å². The molecule has 11 heteroatoms. The van der Waals surface area contributed by atoms with Crippen LogP contribution in [-0.2, 0) is 9.36 Å². The molecule has 0 unspecified atom stereocenters. The number of carbonyl (C=O) groups is 1. The van der Waals surface area contributed by atoms with Gasteiger partial charge in [-0.2, -0.15) is 0 Å². The monoisotopic (exact) mass is 282 g/mol. The third-order valence-electron chi connectivity index (χ3n) is 0.135. The molecule has 0 amide bonds. The van der Waals surface area contributed by atoms with E-state index in [1.807, 2.05) is 0 Å². The molecule has 5 N–H and O–H groups in total. The Morgan fingerprint density at radius 2 is 1.23 bits per heavy atom. The summed E-state index contributed by atoms with van der Waals surface area (Å²) in [6, 6.07) is 0. The van der Waals surface area contributed by atoms with Gasteiger partial charge in [-0.3, -0.25) is 0 Å². The van der Waals surface area contributed by atoms with Crippen LogP contribution in [0.3, 0.4) is 0 Å². The standard InChI is InChI=1S/C2H4O3.2Ca.Na.H3O4P.5H/c3-1-2(4)5;;;;1-5(2,3)4;;;;;/h3H,1H2,(H,4,5);;;;(H3,1,2,3,4);;;;;. The van der Waals surface area contributed by atoms with Crippen LogP contribution < -0.4 is 0 Å². The van der Waals surface area contributed by atoms with Crippen LogP contribution in [0.15, 0.2) is 0 Å². The Morgan fingerprint density at radius 1 is 1.15 bits per heavy atom. The summed E-state index contributed by atoms with van der Waals surface area (Å²) in [5.41, 5.74) is 0. The van der Waals surface area contributed by atoms with Crippen molar-refractivity contribution in [2.24, 2.45) is 0 Å². The summed E-state index contributed by atoms with van der Waals surface area (Å²) in [4.78, 5) is 30.7. The molecule has 0 aliphatic heterocycles. The van der Waals surface area contributed by atoms with Gasteiger partial charge in [-0.1, -0.05) is 0 Å². The number of phosphoric acid groups is 1. The molecule has 0 saturated heterocycles. The van der Waals surface area contributed by atoms with Crippen molar-refractivity contribution < 1.29 is 34.3 Å². The molecule has 0 aliphatic carbocycles. The molecular weight excluding hydrogens is 270 g/mol. The first-order valence-electron chi connectivity index (χ1n) is 1.88. The molecule has 0 aromatic carbocycles. The normalized spacial score (nSPS) is 7.38. The minimum atomic E-state index is -4.64. The van der Waals surface area contributed by atoms with Crippen molar-refractivity contribution >= 4 is 119 Å². The summed E-state index contributed by atoms with van der Waals surface area (Å²) in [6.07, 6.45) is 0. The van der Waals surface area contributed by atoms with Crippen LogP contribution in [-0.4, -0.2) is 143 Å². The van der Waals surface area contributed by atoms with Crippen LogP contribution >= 0.6 is 7.82 Å². The summed E-state index contributed by atoms with van der Waals surface area (Å²) in [5.74, 6) is -1.19. The number of rotatable bonds is 1. The number of aliphatic hydroxyl groups is 1. The van der Waals surface area contributed by atoms with Crippen molar-refractivity contribution in [3.05, 3.63) is 0 Å². The van der Waals surface area contributed by atoms with Crippen LogP contribution in [0.25, 0.3) is 0 Å². The van der Waals surface area contributed by atoms with Crippen LogP contribution in [0.1, 0.15) is 0 Å². The predicted octanol–water partition coefficient (Wildman–Crippen LogP) is -4.35. The Kier molecular flexibility index (Phi) is 40.0. The first kappa shape index (κ1) is 29.8. The molecule has 0 atom stereocenters. The van der Waals surface area contributed by atoms with E-state index in [1.54, 1.807) is 0 Å². The van der Waals surface area contributed by atoms with Crippen LogP contribution in [0, 0.1) is 0 Å². The molecule has 0 saturated carbocycles. The molecule has 0 radical (unpaired) electrons. The number of aliphatic carboxylic acids is 1. The zero-order valence-electron chi connectivity index (χ0n) is 4.71. The Morgan fingerprint density at radius 3 is 1.23 bits per heavy atom. The molecule has 0 aromatic rings. The summed E-state index contributed by atoms with van der Waals surface area (Å²) >= 11 is 0. The average molecular weight is 282 g/mol. The van der Waals surface area contributed by atoms with Gasteiger partial charge in [-0.15, -0.1) is 0 Å². The van der Waals surface area contributed by atoms with Gasteiger partial charge in [-0.25, -0.2) is 9.36 Å². The van der Waals surface area contributed by atoms with Crippen molar-refractivity contribution in [2.75, 3.05) is 6.61 Å². The summed E-state index contributed by atoms with van der Waals surface area (Å²) in [6.45, 7) is -0.778. The Labute approximate surface area is 156 Å². The number of aliphatic hydroxyl groups excluding tert-OH is 1. The number of carboxylic acid groups (broad SMARTS) is 1. The third-order valence-corrected chi connectivity index (χ3v) is 0.135. The van der Waals surface area contributed by atoms with E-state index < -0.39 is 20.4 Å². The molecule has 13 heavy (non-hydrogen) atoms. The van der Waals surface area contributed by atoms with Crippen molar-refractivity contribution in [3.63, 3.8) is 0 Å². The molecule has 0 fully saturated rings. The first-order valence-corrected chi connectivity index (χ1v) is 3.45. The average Bonchev–Trinajstić information content (AvgIpc) is 1.61. The Balaban J connectivity index is -0.0000000267. The first-order chi connectivity index (χ1) is 4.27. The van der Waals surface area contributed by atoms with Crippen LogP contribution in [0.4, 0.5) is 0 Å². The third kappa shape index (κ3) is 100. The van der Waals surface area contributed by atoms with E-state index in [4.69, 9.17) is 34.3 Å². The minimum absolute atomic E-state index is 0. The molecule has 0 rings (SSSR count). The van der Waals surface area contributed by atoms with Gasteiger partial charge >= 0.3 is 119 Å². The second-order valence-corrected chi connectivity index (χ2v) is 2.09. The van der Waals surface area contributed by atoms with Crippen LogP contribution in [0.2, 0.25) is 0 Å². The molecule has 0 spiro atoms. The van der Waals surface area contributed by atoms with Crippen molar-refractivity contribution in [2.45, 2.75) is 0 Å². The van der Waals surface area contributed by atoms with Gasteiger partial charge in [0, 0.05) is 0 Å². The molecule has 0 aromatic heterocycles. The molecule has 0 heterocycles. The maximum atomic E-state index is 9.12. The topological polar surface area (TPSA) is 135 Å². The predicted molar refractivity (Wildman–Crippen MR) is 53.2 cm³/mol. The van der Waals surface area contributed by atoms with E-state index in [9.17, 15) is 0 Å². The van der Waals surface area contributed by atoms with Crippen molar-refractivity contribution in [1.82, 2.24) is 0 Å². The number of carboxylic acids is 1. The maximum absolute atomic E-state index is 9.12.